The number of ketones is 1. The molecule has 0 aliphatic carbocycles. The molecular weight excluding hydrogens is 264 g/mol. The van der Waals surface area contributed by atoms with Crippen LogP contribution in [0.1, 0.15) is 44.5 Å². The quantitative estimate of drug-likeness (QED) is 0.817. The maximum atomic E-state index is 12.6. The first kappa shape index (κ1) is 15.8. The Hall–Kier alpha value is -1.55. The van der Waals surface area contributed by atoms with Crippen LogP contribution in [0.25, 0.3) is 0 Å². The summed E-state index contributed by atoms with van der Waals surface area (Å²) < 4.78 is 5.88. The van der Waals surface area contributed by atoms with Gasteiger partial charge in [-0.2, -0.15) is 0 Å². The predicted octanol–water partition coefficient (Wildman–Crippen LogP) is 3.18. The highest BCUT2D eigenvalue weighted by atomic mass is 16.5. The van der Waals surface area contributed by atoms with Crippen molar-refractivity contribution in [1.82, 2.24) is 4.90 Å². The minimum Gasteiger partial charge on any atom is -0.486 e. The number of carbonyl (C=O) groups is 1. The summed E-state index contributed by atoms with van der Waals surface area (Å²) in [4.78, 5) is 14.8. The molecule has 0 amide bonds. The molecule has 1 aliphatic heterocycles. The molecule has 1 aromatic rings. The van der Waals surface area contributed by atoms with Crippen LogP contribution < -0.4 is 10.1 Å². The van der Waals surface area contributed by atoms with Crippen molar-refractivity contribution in [3.63, 3.8) is 0 Å². The Bertz CT molecular complexity index is 498. The van der Waals surface area contributed by atoms with E-state index >= 15 is 0 Å². The maximum Gasteiger partial charge on any atom is 0.179 e. The monoisotopic (exact) mass is 290 g/mol. The zero-order valence-corrected chi connectivity index (χ0v) is 13.5. The number of likely N-dealkylation sites (N-methyl/N-ethyl adjacent to an activating group) is 1. The summed E-state index contributed by atoms with van der Waals surface area (Å²) in [6, 6.07) is 5.61. The van der Waals surface area contributed by atoms with Gasteiger partial charge in [0.1, 0.15) is 11.9 Å². The minimum absolute atomic E-state index is 0.0917. The van der Waals surface area contributed by atoms with E-state index in [0.29, 0.717) is 0 Å². The Balaban J connectivity index is 2.17. The second kappa shape index (κ2) is 6.94. The van der Waals surface area contributed by atoms with E-state index in [1.165, 1.54) is 0 Å². The molecule has 1 heterocycles. The molecule has 1 aliphatic rings. The van der Waals surface area contributed by atoms with E-state index in [2.05, 4.69) is 31.0 Å². The van der Waals surface area contributed by atoms with Crippen molar-refractivity contribution in [3.8, 4) is 5.75 Å². The zero-order valence-electron chi connectivity index (χ0n) is 13.5. The Morgan fingerprint density at radius 2 is 2.10 bits per heavy atom. The van der Waals surface area contributed by atoms with Crippen LogP contribution in [0.5, 0.6) is 5.75 Å². The van der Waals surface area contributed by atoms with Gasteiger partial charge in [-0.05, 0) is 44.6 Å². The third kappa shape index (κ3) is 3.38. The van der Waals surface area contributed by atoms with E-state index in [4.69, 9.17) is 4.74 Å². The first-order valence-electron chi connectivity index (χ1n) is 7.93. The molecule has 0 aromatic heterocycles. The Morgan fingerprint density at radius 1 is 1.38 bits per heavy atom. The third-order valence-corrected chi connectivity index (χ3v) is 4.27. The summed E-state index contributed by atoms with van der Waals surface area (Å²) >= 11 is 0. The SMILES string of the molecule is CCC1CNc2cc(C(=O)C(C)N(CC)CC)ccc2O1. The lowest BCUT2D eigenvalue weighted by Gasteiger charge is -2.28. The van der Waals surface area contributed by atoms with E-state index in [0.717, 1.165) is 43.1 Å². The van der Waals surface area contributed by atoms with Gasteiger partial charge in [0.25, 0.3) is 0 Å². The Morgan fingerprint density at radius 3 is 2.71 bits per heavy atom. The van der Waals surface area contributed by atoms with Gasteiger partial charge in [-0.3, -0.25) is 9.69 Å². The van der Waals surface area contributed by atoms with Crippen LogP contribution in [0.4, 0.5) is 5.69 Å². The number of hydrogen-bond donors (Lipinski definition) is 1. The molecular formula is C17H26N2O2. The number of carbonyl (C=O) groups excluding carboxylic acids is 1. The number of nitrogens with zero attached hydrogens (tertiary/aromatic N) is 1. The lowest BCUT2D eigenvalue weighted by molar-refractivity contribution is 0.0851. The minimum atomic E-state index is -0.0917. The van der Waals surface area contributed by atoms with Crippen molar-refractivity contribution < 1.29 is 9.53 Å². The Labute approximate surface area is 127 Å². The van der Waals surface area contributed by atoms with Crippen LogP contribution in [-0.4, -0.2) is 42.5 Å². The van der Waals surface area contributed by atoms with Crippen molar-refractivity contribution in [2.45, 2.75) is 46.3 Å². The van der Waals surface area contributed by atoms with Gasteiger partial charge in [0.05, 0.1) is 18.3 Å². The molecule has 1 aromatic carbocycles. The van der Waals surface area contributed by atoms with Gasteiger partial charge in [0.15, 0.2) is 5.78 Å². The zero-order chi connectivity index (χ0) is 15.4. The Kier molecular flexibility index (Phi) is 5.23. The van der Waals surface area contributed by atoms with E-state index in [-0.39, 0.29) is 17.9 Å². The number of ether oxygens (including phenoxy) is 1. The van der Waals surface area contributed by atoms with Crippen molar-refractivity contribution in [2.75, 3.05) is 25.0 Å². The fourth-order valence-corrected chi connectivity index (χ4v) is 2.78. The van der Waals surface area contributed by atoms with Crippen LogP contribution in [-0.2, 0) is 0 Å². The van der Waals surface area contributed by atoms with Gasteiger partial charge in [-0.25, -0.2) is 0 Å². The topological polar surface area (TPSA) is 41.6 Å². The first-order valence-corrected chi connectivity index (χ1v) is 7.93. The summed E-state index contributed by atoms with van der Waals surface area (Å²) in [5, 5.41) is 3.36. The van der Waals surface area contributed by atoms with Gasteiger partial charge in [-0.1, -0.05) is 20.8 Å². The predicted molar refractivity (Wildman–Crippen MR) is 86.4 cm³/mol. The maximum absolute atomic E-state index is 12.6. The van der Waals surface area contributed by atoms with Gasteiger partial charge < -0.3 is 10.1 Å². The van der Waals surface area contributed by atoms with Gasteiger partial charge in [0.2, 0.25) is 0 Å². The molecule has 116 valence electrons. The first-order chi connectivity index (χ1) is 10.1. The van der Waals surface area contributed by atoms with Crippen LogP contribution >= 0.6 is 0 Å². The van der Waals surface area contributed by atoms with Crippen LogP contribution in [0.3, 0.4) is 0 Å². The van der Waals surface area contributed by atoms with Crippen molar-refractivity contribution >= 4 is 11.5 Å². The largest absolute Gasteiger partial charge is 0.486 e. The van der Waals surface area contributed by atoms with Gasteiger partial charge in [0, 0.05) is 5.56 Å². The number of fused-ring (bicyclic) bond motifs is 1. The standard InChI is InChI=1S/C17H26N2O2/c1-5-14-11-18-15-10-13(8-9-16(15)21-14)17(20)12(4)19(6-2)7-3/h8-10,12,14,18H,5-7,11H2,1-4H3. The van der Waals surface area contributed by atoms with E-state index < -0.39 is 0 Å². The van der Waals surface area contributed by atoms with Gasteiger partial charge in [-0.15, -0.1) is 0 Å². The van der Waals surface area contributed by atoms with Crippen LogP contribution in [0, 0.1) is 0 Å². The molecule has 2 atom stereocenters. The van der Waals surface area contributed by atoms with Crippen molar-refractivity contribution in [1.29, 1.82) is 0 Å². The number of hydrogen-bond acceptors (Lipinski definition) is 4. The molecule has 2 unspecified atom stereocenters. The summed E-state index contributed by atoms with van der Waals surface area (Å²) in [6.45, 7) is 10.8. The summed E-state index contributed by atoms with van der Waals surface area (Å²) in [5.41, 5.74) is 1.68. The number of nitrogens with one attached hydrogen (secondary N) is 1. The highest BCUT2D eigenvalue weighted by Crippen LogP contribution is 2.31. The highest BCUT2D eigenvalue weighted by molar-refractivity contribution is 6.01. The molecule has 0 saturated heterocycles. The average Bonchev–Trinajstić information content (AvgIpc) is 2.54. The smallest absolute Gasteiger partial charge is 0.179 e. The molecule has 4 heteroatoms. The molecule has 21 heavy (non-hydrogen) atoms. The molecule has 4 nitrogen and oxygen atoms in total. The number of rotatable bonds is 6. The third-order valence-electron chi connectivity index (χ3n) is 4.27. The molecule has 1 N–H and O–H groups in total. The lowest BCUT2D eigenvalue weighted by Crippen LogP contribution is -2.38. The number of anilines is 1. The molecule has 0 fully saturated rings. The molecule has 0 bridgehead atoms. The molecule has 0 radical (unpaired) electrons. The second-order valence-corrected chi connectivity index (χ2v) is 5.50. The normalized spacial score (nSPS) is 18.6. The van der Waals surface area contributed by atoms with Crippen molar-refractivity contribution in [3.05, 3.63) is 23.8 Å². The summed E-state index contributed by atoms with van der Waals surface area (Å²) in [6.07, 6.45) is 1.19. The van der Waals surface area contributed by atoms with Crippen LogP contribution in [0.2, 0.25) is 0 Å². The van der Waals surface area contributed by atoms with Gasteiger partial charge >= 0.3 is 0 Å². The molecule has 0 saturated carbocycles. The highest BCUT2D eigenvalue weighted by Gasteiger charge is 2.23. The average molecular weight is 290 g/mol. The number of Topliss-reactive ketones (excluding diaryl/α,β-unsaturated/α-hetero) is 1. The lowest BCUT2D eigenvalue weighted by atomic mass is 10.0. The van der Waals surface area contributed by atoms with E-state index in [1.54, 1.807) is 0 Å². The second-order valence-electron chi connectivity index (χ2n) is 5.50. The fraction of sp³-hybridized carbons (Fsp3) is 0.588. The molecule has 2 rings (SSSR count). The number of benzene rings is 1. The fourth-order valence-electron chi connectivity index (χ4n) is 2.78. The summed E-state index contributed by atoms with van der Waals surface area (Å²) in [5.74, 6) is 1.01. The van der Waals surface area contributed by atoms with Crippen molar-refractivity contribution in [2.24, 2.45) is 0 Å². The van der Waals surface area contributed by atoms with E-state index in [9.17, 15) is 4.79 Å². The van der Waals surface area contributed by atoms with Crippen LogP contribution in [0.15, 0.2) is 18.2 Å². The molecule has 0 spiro atoms. The summed E-state index contributed by atoms with van der Waals surface area (Å²) in [7, 11) is 0. The van der Waals surface area contributed by atoms with E-state index in [1.807, 2.05) is 25.1 Å².